The van der Waals surface area contributed by atoms with E-state index in [-0.39, 0.29) is 22.3 Å². The SMILES string of the molecule is COc1cc(Cl)cc([C@@H]2NC(=O)NC(C)=C2C(C)=O)c1OCC(=O)O. The van der Waals surface area contributed by atoms with Gasteiger partial charge >= 0.3 is 12.0 Å². The molecule has 1 aliphatic heterocycles. The Balaban J connectivity index is 2.64. The number of carbonyl (C=O) groups excluding carboxylic acids is 2. The maximum Gasteiger partial charge on any atom is 0.341 e. The summed E-state index contributed by atoms with van der Waals surface area (Å²) >= 11 is 6.10. The molecule has 8 nitrogen and oxygen atoms in total. The third-order valence-electron chi connectivity index (χ3n) is 3.57. The molecule has 1 atom stereocenters. The molecule has 3 N–H and O–H groups in total. The molecule has 0 radical (unpaired) electrons. The minimum Gasteiger partial charge on any atom is -0.493 e. The zero-order valence-electron chi connectivity index (χ0n) is 13.8. The molecule has 1 aromatic carbocycles. The van der Waals surface area contributed by atoms with Gasteiger partial charge in [-0.1, -0.05) is 11.6 Å². The third kappa shape index (κ3) is 4.03. The fourth-order valence-corrected chi connectivity index (χ4v) is 2.85. The summed E-state index contributed by atoms with van der Waals surface area (Å²) in [7, 11) is 1.37. The molecule has 0 saturated carbocycles. The molecule has 0 bridgehead atoms. The topological polar surface area (TPSA) is 114 Å². The average Bonchev–Trinajstić information content (AvgIpc) is 2.51. The number of urea groups is 1. The van der Waals surface area contributed by atoms with Crippen LogP contribution in [-0.4, -0.2) is 36.6 Å². The molecule has 0 spiro atoms. The van der Waals surface area contributed by atoms with Crippen LogP contribution >= 0.6 is 11.6 Å². The van der Waals surface area contributed by atoms with Crippen LogP contribution < -0.4 is 20.1 Å². The van der Waals surface area contributed by atoms with Crippen molar-refractivity contribution in [3.05, 3.63) is 34.0 Å². The van der Waals surface area contributed by atoms with Crippen molar-refractivity contribution in [1.82, 2.24) is 10.6 Å². The summed E-state index contributed by atoms with van der Waals surface area (Å²) in [5.74, 6) is -1.17. The lowest BCUT2D eigenvalue weighted by Gasteiger charge is -2.29. The largest absolute Gasteiger partial charge is 0.493 e. The van der Waals surface area contributed by atoms with E-state index in [9.17, 15) is 14.4 Å². The fourth-order valence-electron chi connectivity index (χ4n) is 2.64. The van der Waals surface area contributed by atoms with Crippen molar-refractivity contribution < 1.29 is 29.0 Å². The van der Waals surface area contributed by atoms with Crippen molar-refractivity contribution in [3.8, 4) is 11.5 Å². The summed E-state index contributed by atoms with van der Waals surface area (Å²) in [5.41, 5.74) is 1.03. The van der Waals surface area contributed by atoms with Gasteiger partial charge in [-0.2, -0.15) is 0 Å². The van der Waals surface area contributed by atoms with Gasteiger partial charge in [0.05, 0.1) is 13.2 Å². The van der Waals surface area contributed by atoms with Gasteiger partial charge in [0, 0.05) is 27.9 Å². The summed E-state index contributed by atoms with van der Waals surface area (Å²) in [6.07, 6.45) is 0. The summed E-state index contributed by atoms with van der Waals surface area (Å²) in [6, 6.07) is 1.58. The second kappa shape index (κ2) is 7.43. The molecule has 1 heterocycles. The Kier molecular flexibility index (Phi) is 5.53. The van der Waals surface area contributed by atoms with Crippen LogP contribution in [0.5, 0.6) is 11.5 Å². The number of carbonyl (C=O) groups is 3. The maximum absolute atomic E-state index is 12.1. The summed E-state index contributed by atoms with van der Waals surface area (Å²) in [6.45, 7) is 2.34. The van der Waals surface area contributed by atoms with Crippen LogP contribution in [0.4, 0.5) is 4.79 Å². The number of ketones is 1. The van der Waals surface area contributed by atoms with Gasteiger partial charge in [0.15, 0.2) is 23.9 Å². The Morgan fingerprint density at radius 1 is 1.36 bits per heavy atom. The van der Waals surface area contributed by atoms with E-state index in [1.54, 1.807) is 6.92 Å². The highest BCUT2D eigenvalue weighted by atomic mass is 35.5. The lowest BCUT2D eigenvalue weighted by molar-refractivity contribution is -0.139. The number of aliphatic carboxylic acids is 1. The first-order chi connectivity index (χ1) is 11.7. The zero-order valence-corrected chi connectivity index (χ0v) is 14.6. The molecule has 0 aliphatic carbocycles. The molecule has 1 aromatic rings. The molecule has 2 amide bonds. The molecule has 1 aliphatic rings. The Morgan fingerprint density at radius 2 is 2.04 bits per heavy atom. The number of carboxylic acids is 1. The molecule has 0 aromatic heterocycles. The first-order valence-corrected chi connectivity index (χ1v) is 7.63. The second-order valence-electron chi connectivity index (χ2n) is 5.34. The quantitative estimate of drug-likeness (QED) is 0.708. The van der Waals surface area contributed by atoms with Crippen LogP contribution in [0.1, 0.15) is 25.5 Å². The van der Waals surface area contributed by atoms with E-state index in [1.165, 1.54) is 26.2 Å². The van der Waals surface area contributed by atoms with E-state index in [0.29, 0.717) is 16.8 Å². The van der Waals surface area contributed by atoms with Gasteiger partial charge in [0.25, 0.3) is 0 Å². The number of amides is 2. The Hall–Kier alpha value is -2.74. The second-order valence-corrected chi connectivity index (χ2v) is 5.77. The van der Waals surface area contributed by atoms with Crippen LogP contribution in [0.3, 0.4) is 0 Å². The van der Waals surface area contributed by atoms with Crippen molar-refractivity contribution in [2.24, 2.45) is 0 Å². The summed E-state index contributed by atoms with van der Waals surface area (Å²) in [5, 5.41) is 14.3. The Morgan fingerprint density at radius 3 is 2.60 bits per heavy atom. The van der Waals surface area contributed by atoms with Crippen molar-refractivity contribution in [2.45, 2.75) is 19.9 Å². The number of nitrogens with one attached hydrogen (secondary N) is 2. The van der Waals surface area contributed by atoms with Gasteiger partial charge in [-0.25, -0.2) is 9.59 Å². The first-order valence-electron chi connectivity index (χ1n) is 7.25. The summed E-state index contributed by atoms with van der Waals surface area (Å²) in [4.78, 5) is 34.8. The molecule has 25 heavy (non-hydrogen) atoms. The molecule has 0 unspecified atom stereocenters. The average molecular weight is 369 g/mol. The Labute approximate surface area is 148 Å². The highest BCUT2D eigenvalue weighted by molar-refractivity contribution is 6.30. The van der Waals surface area contributed by atoms with Crippen LogP contribution in [0.15, 0.2) is 23.4 Å². The number of benzene rings is 1. The van der Waals surface area contributed by atoms with Crippen LogP contribution in [-0.2, 0) is 9.59 Å². The van der Waals surface area contributed by atoms with Gasteiger partial charge < -0.3 is 25.2 Å². The van der Waals surface area contributed by atoms with Crippen molar-refractivity contribution >= 4 is 29.4 Å². The van der Waals surface area contributed by atoms with Crippen molar-refractivity contribution in [1.29, 1.82) is 0 Å². The first kappa shape index (κ1) is 18.6. The standard InChI is InChI=1S/C16H17ClN2O6/c1-7-13(8(2)20)14(19-16(23)18-7)10-4-9(17)5-11(24-3)15(10)25-6-12(21)22/h4-5,14H,6H2,1-3H3,(H,21,22)(H2,18,19,23)/t14-/m0/s1. The normalized spacial score (nSPS) is 16.8. The predicted molar refractivity (Wildman–Crippen MR) is 88.9 cm³/mol. The van der Waals surface area contributed by atoms with E-state index in [4.69, 9.17) is 26.2 Å². The number of hydrogen-bond donors (Lipinski definition) is 3. The van der Waals surface area contributed by atoms with E-state index in [0.717, 1.165) is 0 Å². The fraction of sp³-hybridized carbons (Fsp3) is 0.312. The van der Waals surface area contributed by atoms with Crippen LogP contribution in [0.25, 0.3) is 0 Å². The Bertz CT molecular complexity index is 774. The highest BCUT2D eigenvalue weighted by Gasteiger charge is 2.32. The number of carboxylic acid groups (broad SMARTS) is 1. The molecule has 9 heteroatoms. The summed E-state index contributed by atoms with van der Waals surface area (Å²) < 4.78 is 10.5. The van der Waals surface area contributed by atoms with Gasteiger partial charge in [-0.3, -0.25) is 4.79 Å². The van der Waals surface area contributed by atoms with Gasteiger partial charge in [0.2, 0.25) is 0 Å². The van der Waals surface area contributed by atoms with Gasteiger partial charge in [0.1, 0.15) is 0 Å². The number of hydrogen-bond acceptors (Lipinski definition) is 5. The van der Waals surface area contributed by atoms with E-state index in [1.807, 2.05) is 0 Å². The monoisotopic (exact) mass is 368 g/mol. The minimum absolute atomic E-state index is 0.0908. The van der Waals surface area contributed by atoms with Gasteiger partial charge in [-0.15, -0.1) is 0 Å². The lowest BCUT2D eigenvalue weighted by Crippen LogP contribution is -2.44. The molecule has 2 rings (SSSR count). The third-order valence-corrected chi connectivity index (χ3v) is 3.79. The minimum atomic E-state index is -1.18. The predicted octanol–water partition coefficient (Wildman–Crippen LogP) is 2.03. The maximum atomic E-state index is 12.1. The number of allylic oxidation sites excluding steroid dienone is 1. The van der Waals surface area contributed by atoms with E-state index in [2.05, 4.69) is 10.6 Å². The molecule has 0 saturated heterocycles. The number of Topliss-reactive ketones (excluding diaryl/α,β-unsaturated/α-hetero) is 1. The van der Waals surface area contributed by atoms with Crippen molar-refractivity contribution in [3.63, 3.8) is 0 Å². The lowest BCUT2D eigenvalue weighted by atomic mass is 9.92. The van der Waals surface area contributed by atoms with Crippen molar-refractivity contribution in [2.75, 3.05) is 13.7 Å². The van der Waals surface area contributed by atoms with E-state index < -0.39 is 24.6 Å². The highest BCUT2D eigenvalue weighted by Crippen LogP contribution is 2.41. The van der Waals surface area contributed by atoms with Crippen LogP contribution in [0.2, 0.25) is 5.02 Å². The van der Waals surface area contributed by atoms with Crippen LogP contribution in [0, 0.1) is 0 Å². The van der Waals surface area contributed by atoms with Gasteiger partial charge in [-0.05, 0) is 19.9 Å². The molecular weight excluding hydrogens is 352 g/mol. The molecule has 0 fully saturated rings. The number of methoxy groups -OCH3 is 1. The molecule has 134 valence electrons. The molecular formula is C16H17ClN2O6. The smallest absolute Gasteiger partial charge is 0.341 e. The number of halogens is 1. The number of ether oxygens (including phenoxy) is 2. The van der Waals surface area contributed by atoms with E-state index >= 15 is 0 Å². The zero-order chi connectivity index (χ0) is 18.7. The number of rotatable bonds is 6.